The van der Waals surface area contributed by atoms with E-state index in [0.717, 1.165) is 5.90 Å². The van der Waals surface area contributed by atoms with Crippen LogP contribution < -0.4 is 0 Å². The molecule has 1 heterocycles. The molecule has 1 aliphatic rings. The quantitative estimate of drug-likeness (QED) is 0.761. The van der Waals surface area contributed by atoms with Gasteiger partial charge < -0.3 is 4.74 Å². The van der Waals surface area contributed by atoms with Crippen LogP contribution in [0.5, 0.6) is 0 Å². The lowest BCUT2D eigenvalue weighted by molar-refractivity contribution is 0.279. The molecule has 0 amide bonds. The number of hydrogen-bond acceptors (Lipinski definition) is 2. The van der Waals surface area contributed by atoms with Gasteiger partial charge in [-0.3, -0.25) is 0 Å². The summed E-state index contributed by atoms with van der Waals surface area (Å²) in [5.74, 6) is 0.828. The van der Waals surface area contributed by atoms with Gasteiger partial charge in [0.2, 0.25) is 5.90 Å². The highest BCUT2D eigenvalue weighted by Crippen LogP contribution is 2.24. The van der Waals surface area contributed by atoms with Crippen molar-refractivity contribution >= 4 is 14.0 Å². The Morgan fingerprint density at radius 1 is 1.22 bits per heavy atom. The molecule has 0 saturated heterocycles. The molecular formula is C15H23NOSi. The number of aliphatic imine (C=N–C) groups is 1. The first kappa shape index (κ1) is 13.3. The van der Waals surface area contributed by atoms with Crippen molar-refractivity contribution in [3.63, 3.8) is 0 Å². The van der Waals surface area contributed by atoms with Crippen LogP contribution >= 0.6 is 0 Å². The van der Waals surface area contributed by atoms with Gasteiger partial charge in [0, 0.05) is 13.6 Å². The van der Waals surface area contributed by atoms with E-state index in [4.69, 9.17) is 9.73 Å². The number of benzene rings is 1. The number of hydrogen-bond donors (Lipinski definition) is 0. The molecule has 0 atom stereocenters. The maximum absolute atomic E-state index is 5.77. The lowest BCUT2D eigenvalue weighted by Gasteiger charge is -2.18. The number of ether oxygens (including phenoxy) is 1. The van der Waals surface area contributed by atoms with Gasteiger partial charge in [0.1, 0.15) is 6.61 Å². The van der Waals surface area contributed by atoms with Crippen LogP contribution in [0, 0.1) is 0 Å². The van der Waals surface area contributed by atoms with Crippen molar-refractivity contribution < 1.29 is 4.74 Å². The normalized spacial score (nSPS) is 18.4. The van der Waals surface area contributed by atoms with Crippen LogP contribution in [0.25, 0.3) is 0 Å². The summed E-state index contributed by atoms with van der Waals surface area (Å²) in [7, 11) is -1.13. The number of rotatable bonds is 3. The van der Waals surface area contributed by atoms with Gasteiger partial charge in [-0.15, -0.1) is 0 Å². The van der Waals surface area contributed by atoms with Crippen LogP contribution in [0.15, 0.2) is 29.3 Å². The first-order chi connectivity index (χ1) is 8.27. The van der Waals surface area contributed by atoms with Gasteiger partial charge >= 0.3 is 0 Å². The monoisotopic (exact) mass is 261 g/mol. The molecule has 0 bridgehead atoms. The molecule has 0 aromatic heterocycles. The van der Waals surface area contributed by atoms with Gasteiger partial charge in [0.15, 0.2) is 0 Å². The zero-order chi connectivity index (χ0) is 13.4. The predicted octanol–water partition coefficient (Wildman–Crippen LogP) is 3.66. The first-order valence-electron chi connectivity index (χ1n) is 6.58. The molecule has 0 saturated carbocycles. The summed E-state index contributed by atoms with van der Waals surface area (Å²) >= 11 is 0. The second-order valence-electron chi connectivity index (χ2n) is 6.91. The Kier molecular flexibility index (Phi) is 3.36. The van der Waals surface area contributed by atoms with E-state index in [1.807, 2.05) is 0 Å². The molecule has 0 spiro atoms. The van der Waals surface area contributed by atoms with Crippen molar-refractivity contribution in [1.29, 1.82) is 0 Å². The highest BCUT2D eigenvalue weighted by atomic mass is 28.3. The molecule has 0 fully saturated rings. The third-order valence-corrected chi connectivity index (χ3v) is 4.38. The van der Waals surface area contributed by atoms with E-state index in [0.29, 0.717) is 6.61 Å². The van der Waals surface area contributed by atoms with Crippen molar-refractivity contribution in [2.45, 2.75) is 45.1 Å². The smallest absolute Gasteiger partial charge is 0.217 e. The van der Waals surface area contributed by atoms with Gasteiger partial charge in [-0.2, -0.15) is 0 Å². The van der Waals surface area contributed by atoms with Crippen LogP contribution in [-0.2, 0) is 10.8 Å². The Morgan fingerprint density at radius 2 is 1.89 bits per heavy atom. The molecule has 1 aliphatic heterocycles. The highest BCUT2D eigenvalue weighted by Gasteiger charge is 2.28. The average Bonchev–Trinajstić information content (AvgIpc) is 2.57. The fourth-order valence-corrected chi connectivity index (χ4v) is 3.63. The van der Waals surface area contributed by atoms with Crippen LogP contribution in [0.4, 0.5) is 0 Å². The molecule has 1 aromatic carbocycles. The van der Waals surface area contributed by atoms with Gasteiger partial charge in [-0.25, -0.2) is 4.99 Å². The standard InChI is InChI=1S/C15H23NOSi/c1-15(2)11-17-14(16-15)13-9-7-6-8-12(13)10-18(3,4)5/h6-9H,10-11H2,1-5H3. The third kappa shape index (κ3) is 3.22. The van der Waals surface area contributed by atoms with Gasteiger partial charge in [-0.1, -0.05) is 37.8 Å². The summed E-state index contributed by atoms with van der Waals surface area (Å²) in [6.45, 7) is 12.1. The molecule has 0 radical (unpaired) electrons. The van der Waals surface area contributed by atoms with E-state index >= 15 is 0 Å². The predicted molar refractivity (Wildman–Crippen MR) is 80.1 cm³/mol. The number of nitrogens with zero attached hydrogens (tertiary/aromatic N) is 1. The topological polar surface area (TPSA) is 21.6 Å². The average molecular weight is 261 g/mol. The zero-order valence-corrected chi connectivity index (χ0v) is 13.1. The summed E-state index contributed by atoms with van der Waals surface area (Å²) in [5.41, 5.74) is 2.49. The molecule has 0 aliphatic carbocycles. The largest absolute Gasteiger partial charge is 0.475 e. The Labute approximate surface area is 111 Å². The van der Waals surface area contributed by atoms with Crippen molar-refractivity contribution in [3.8, 4) is 0 Å². The van der Waals surface area contributed by atoms with E-state index in [-0.39, 0.29) is 5.54 Å². The van der Waals surface area contributed by atoms with Crippen molar-refractivity contribution in [2.24, 2.45) is 4.99 Å². The van der Waals surface area contributed by atoms with E-state index in [9.17, 15) is 0 Å². The molecule has 18 heavy (non-hydrogen) atoms. The molecule has 3 heteroatoms. The van der Waals surface area contributed by atoms with E-state index < -0.39 is 8.07 Å². The maximum Gasteiger partial charge on any atom is 0.217 e. The highest BCUT2D eigenvalue weighted by molar-refractivity contribution is 6.75. The summed E-state index contributed by atoms with van der Waals surface area (Å²) in [6.07, 6.45) is 0. The first-order valence-corrected chi connectivity index (χ1v) is 10.3. The fourth-order valence-electron chi connectivity index (χ4n) is 2.18. The summed E-state index contributed by atoms with van der Waals surface area (Å²) in [4.78, 5) is 4.69. The second-order valence-corrected chi connectivity index (χ2v) is 12.4. The molecule has 2 nitrogen and oxygen atoms in total. The lowest BCUT2D eigenvalue weighted by Crippen LogP contribution is -2.25. The summed E-state index contributed by atoms with van der Waals surface area (Å²) in [5, 5.41) is 0. The molecule has 1 aromatic rings. The Hall–Kier alpha value is -1.09. The van der Waals surface area contributed by atoms with Gasteiger partial charge in [0.25, 0.3) is 0 Å². The van der Waals surface area contributed by atoms with Crippen molar-refractivity contribution in [1.82, 2.24) is 0 Å². The van der Waals surface area contributed by atoms with Crippen LogP contribution in [-0.4, -0.2) is 26.1 Å². The van der Waals surface area contributed by atoms with Crippen molar-refractivity contribution in [3.05, 3.63) is 35.4 Å². The van der Waals surface area contributed by atoms with E-state index in [1.54, 1.807) is 0 Å². The zero-order valence-electron chi connectivity index (χ0n) is 12.1. The van der Waals surface area contributed by atoms with Gasteiger partial charge in [-0.05, 0) is 31.5 Å². The van der Waals surface area contributed by atoms with Gasteiger partial charge in [0.05, 0.1) is 5.54 Å². The lowest BCUT2D eigenvalue weighted by atomic mass is 10.1. The Bertz CT molecular complexity index is 472. The van der Waals surface area contributed by atoms with Crippen LogP contribution in [0.1, 0.15) is 25.0 Å². The Balaban J connectivity index is 2.35. The second kappa shape index (κ2) is 4.54. The molecule has 0 unspecified atom stereocenters. The summed E-state index contributed by atoms with van der Waals surface area (Å²) < 4.78 is 5.77. The third-order valence-electron chi connectivity index (χ3n) is 2.93. The summed E-state index contributed by atoms with van der Waals surface area (Å²) in [6, 6.07) is 9.70. The van der Waals surface area contributed by atoms with E-state index in [2.05, 4.69) is 57.8 Å². The van der Waals surface area contributed by atoms with E-state index in [1.165, 1.54) is 17.2 Å². The molecule has 0 N–H and O–H groups in total. The van der Waals surface area contributed by atoms with Crippen LogP contribution in [0.2, 0.25) is 19.6 Å². The Morgan fingerprint density at radius 3 is 2.44 bits per heavy atom. The minimum absolute atomic E-state index is 0.0817. The fraction of sp³-hybridized carbons (Fsp3) is 0.533. The van der Waals surface area contributed by atoms with Crippen LogP contribution in [0.3, 0.4) is 0 Å². The maximum atomic E-state index is 5.77. The van der Waals surface area contributed by atoms with Crippen molar-refractivity contribution in [2.75, 3.05) is 6.61 Å². The molecule has 2 rings (SSSR count). The minimum atomic E-state index is -1.13. The minimum Gasteiger partial charge on any atom is -0.475 e. The SMILES string of the molecule is CC1(C)COC(c2ccccc2C[Si](C)(C)C)=N1. The molecule has 98 valence electrons. The molecular weight excluding hydrogens is 238 g/mol.